The lowest BCUT2D eigenvalue weighted by molar-refractivity contribution is -0.131. The SMILES string of the molecule is COc1cc(C=CC(=O)O)ccc1OCC1CCCC1. The van der Waals surface area contributed by atoms with Crippen LogP contribution in [0.4, 0.5) is 0 Å². The summed E-state index contributed by atoms with van der Waals surface area (Å²) in [6.07, 6.45) is 7.71. The van der Waals surface area contributed by atoms with Crippen molar-refractivity contribution in [3.05, 3.63) is 29.8 Å². The summed E-state index contributed by atoms with van der Waals surface area (Å²) in [5.41, 5.74) is 0.775. The van der Waals surface area contributed by atoms with Crippen LogP contribution in [0.2, 0.25) is 0 Å². The van der Waals surface area contributed by atoms with Crippen molar-refractivity contribution in [1.82, 2.24) is 0 Å². The van der Waals surface area contributed by atoms with E-state index in [1.807, 2.05) is 12.1 Å². The fourth-order valence-electron chi connectivity index (χ4n) is 2.46. The highest BCUT2D eigenvalue weighted by atomic mass is 16.5. The van der Waals surface area contributed by atoms with Gasteiger partial charge in [0.05, 0.1) is 13.7 Å². The maximum Gasteiger partial charge on any atom is 0.328 e. The Hall–Kier alpha value is -1.97. The Labute approximate surface area is 119 Å². The molecule has 1 aliphatic carbocycles. The minimum Gasteiger partial charge on any atom is -0.493 e. The molecule has 1 aromatic rings. The summed E-state index contributed by atoms with van der Waals surface area (Å²) in [5, 5.41) is 8.62. The zero-order valence-electron chi connectivity index (χ0n) is 11.7. The lowest BCUT2D eigenvalue weighted by atomic mass is 10.1. The lowest BCUT2D eigenvalue weighted by Crippen LogP contribution is -2.08. The largest absolute Gasteiger partial charge is 0.493 e. The van der Waals surface area contributed by atoms with Crippen LogP contribution in [0.25, 0.3) is 6.08 Å². The molecule has 1 aromatic carbocycles. The molecule has 1 fully saturated rings. The quantitative estimate of drug-likeness (QED) is 0.809. The summed E-state index contributed by atoms with van der Waals surface area (Å²) in [5.74, 6) is 1.03. The van der Waals surface area contributed by atoms with Crippen LogP contribution < -0.4 is 9.47 Å². The molecule has 0 bridgehead atoms. The molecule has 4 heteroatoms. The van der Waals surface area contributed by atoms with Gasteiger partial charge in [0, 0.05) is 6.08 Å². The number of benzene rings is 1. The molecular weight excluding hydrogens is 256 g/mol. The van der Waals surface area contributed by atoms with Gasteiger partial charge in [-0.1, -0.05) is 18.9 Å². The highest BCUT2D eigenvalue weighted by Crippen LogP contribution is 2.31. The number of carboxylic acid groups (broad SMARTS) is 1. The molecule has 0 saturated heterocycles. The van der Waals surface area contributed by atoms with Gasteiger partial charge >= 0.3 is 5.97 Å². The maximum absolute atomic E-state index is 10.5. The summed E-state index contributed by atoms with van der Waals surface area (Å²) in [6, 6.07) is 5.44. The molecule has 4 nitrogen and oxygen atoms in total. The van der Waals surface area contributed by atoms with Crippen LogP contribution >= 0.6 is 0 Å². The first kappa shape index (κ1) is 14.4. The number of carboxylic acids is 1. The molecule has 0 aliphatic heterocycles. The normalized spacial score (nSPS) is 15.7. The monoisotopic (exact) mass is 276 g/mol. The van der Waals surface area contributed by atoms with Crippen molar-refractivity contribution in [2.75, 3.05) is 13.7 Å². The fourth-order valence-corrected chi connectivity index (χ4v) is 2.46. The van der Waals surface area contributed by atoms with Crippen molar-refractivity contribution in [3.8, 4) is 11.5 Å². The van der Waals surface area contributed by atoms with E-state index >= 15 is 0 Å². The molecule has 2 rings (SSSR count). The zero-order chi connectivity index (χ0) is 14.4. The Bertz CT molecular complexity index is 487. The Balaban J connectivity index is 2.03. The average molecular weight is 276 g/mol. The van der Waals surface area contributed by atoms with E-state index in [1.165, 1.54) is 31.8 Å². The molecule has 0 spiro atoms. The lowest BCUT2D eigenvalue weighted by Gasteiger charge is -2.14. The third-order valence-electron chi connectivity index (χ3n) is 3.56. The Morgan fingerprint density at radius 1 is 1.35 bits per heavy atom. The van der Waals surface area contributed by atoms with Crippen LogP contribution in [0.5, 0.6) is 11.5 Å². The minimum atomic E-state index is -0.967. The number of carbonyl (C=O) groups is 1. The third-order valence-corrected chi connectivity index (χ3v) is 3.56. The number of methoxy groups -OCH3 is 1. The summed E-state index contributed by atoms with van der Waals surface area (Å²) in [6.45, 7) is 0.723. The smallest absolute Gasteiger partial charge is 0.328 e. The van der Waals surface area contributed by atoms with Crippen molar-refractivity contribution < 1.29 is 19.4 Å². The molecule has 0 amide bonds. The van der Waals surface area contributed by atoms with E-state index < -0.39 is 5.97 Å². The molecular formula is C16H20O4. The van der Waals surface area contributed by atoms with Gasteiger partial charge in [0.2, 0.25) is 0 Å². The first-order valence-corrected chi connectivity index (χ1v) is 6.91. The average Bonchev–Trinajstić information content (AvgIpc) is 2.96. The molecule has 0 heterocycles. The second-order valence-corrected chi connectivity index (χ2v) is 5.04. The van der Waals surface area contributed by atoms with Gasteiger partial charge in [0.25, 0.3) is 0 Å². The predicted octanol–water partition coefficient (Wildman–Crippen LogP) is 3.36. The second-order valence-electron chi connectivity index (χ2n) is 5.04. The van der Waals surface area contributed by atoms with Crippen molar-refractivity contribution >= 4 is 12.0 Å². The number of rotatable bonds is 6. The number of hydrogen-bond donors (Lipinski definition) is 1. The van der Waals surface area contributed by atoms with Crippen molar-refractivity contribution in [2.45, 2.75) is 25.7 Å². The van der Waals surface area contributed by atoms with E-state index in [2.05, 4.69) is 0 Å². The molecule has 1 aliphatic rings. The number of aliphatic carboxylic acids is 1. The predicted molar refractivity (Wildman–Crippen MR) is 77.1 cm³/mol. The zero-order valence-corrected chi connectivity index (χ0v) is 11.7. The van der Waals surface area contributed by atoms with E-state index in [0.29, 0.717) is 17.4 Å². The molecule has 1 saturated carbocycles. The molecule has 20 heavy (non-hydrogen) atoms. The highest BCUT2D eigenvalue weighted by molar-refractivity contribution is 5.85. The van der Waals surface area contributed by atoms with E-state index in [1.54, 1.807) is 13.2 Å². The maximum atomic E-state index is 10.5. The van der Waals surface area contributed by atoms with Crippen molar-refractivity contribution in [2.24, 2.45) is 5.92 Å². The third kappa shape index (κ3) is 4.02. The topological polar surface area (TPSA) is 55.8 Å². The van der Waals surface area contributed by atoms with Gasteiger partial charge in [0.15, 0.2) is 11.5 Å². The van der Waals surface area contributed by atoms with E-state index in [9.17, 15) is 4.79 Å². The standard InChI is InChI=1S/C16H20O4/c1-19-15-10-12(7-9-16(17)18)6-8-14(15)20-11-13-4-2-3-5-13/h6-10,13H,2-5,11H2,1H3,(H,17,18). The Morgan fingerprint density at radius 2 is 2.10 bits per heavy atom. The van der Waals surface area contributed by atoms with E-state index in [4.69, 9.17) is 14.6 Å². The second kappa shape index (κ2) is 6.98. The first-order valence-electron chi connectivity index (χ1n) is 6.91. The van der Waals surface area contributed by atoms with Gasteiger partial charge < -0.3 is 14.6 Å². The van der Waals surface area contributed by atoms with Gasteiger partial charge in [-0.3, -0.25) is 0 Å². The molecule has 0 radical (unpaired) electrons. The van der Waals surface area contributed by atoms with Crippen molar-refractivity contribution in [1.29, 1.82) is 0 Å². The summed E-state index contributed by atoms with van der Waals surface area (Å²) in [7, 11) is 1.59. The van der Waals surface area contributed by atoms with E-state index in [0.717, 1.165) is 18.2 Å². The molecule has 0 unspecified atom stereocenters. The first-order chi connectivity index (χ1) is 9.69. The molecule has 0 atom stereocenters. The van der Waals surface area contributed by atoms with Gasteiger partial charge in [-0.05, 0) is 42.5 Å². The van der Waals surface area contributed by atoms with Gasteiger partial charge in [-0.15, -0.1) is 0 Å². The van der Waals surface area contributed by atoms with Crippen LogP contribution in [0.15, 0.2) is 24.3 Å². The number of ether oxygens (including phenoxy) is 2. The molecule has 1 N–H and O–H groups in total. The van der Waals surface area contributed by atoms with Crippen LogP contribution in [0.3, 0.4) is 0 Å². The van der Waals surface area contributed by atoms with Gasteiger partial charge in [-0.25, -0.2) is 4.79 Å². The Kier molecular flexibility index (Phi) is 5.04. The van der Waals surface area contributed by atoms with E-state index in [-0.39, 0.29) is 0 Å². The highest BCUT2D eigenvalue weighted by Gasteiger charge is 2.16. The molecule has 0 aromatic heterocycles. The van der Waals surface area contributed by atoms with Crippen LogP contribution in [0, 0.1) is 5.92 Å². The van der Waals surface area contributed by atoms with Crippen LogP contribution in [-0.4, -0.2) is 24.8 Å². The van der Waals surface area contributed by atoms with Gasteiger partial charge in [-0.2, -0.15) is 0 Å². The Morgan fingerprint density at radius 3 is 2.75 bits per heavy atom. The van der Waals surface area contributed by atoms with Crippen molar-refractivity contribution in [3.63, 3.8) is 0 Å². The van der Waals surface area contributed by atoms with Gasteiger partial charge in [0.1, 0.15) is 0 Å². The van der Waals surface area contributed by atoms with Crippen LogP contribution in [-0.2, 0) is 4.79 Å². The minimum absolute atomic E-state index is 0.635. The molecule has 108 valence electrons. The summed E-state index contributed by atoms with van der Waals surface area (Å²) >= 11 is 0. The fraction of sp³-hybridized carbons (Fsp3) is 0.438. The number of hydrogen-bond acceptors (Lipinski definition) is 3. The van der Waals surface area contributed by atoms with Crippen LogP contribution in [0.1, 0.15) is 31.2 Å². The summed E-state index contributed by atoms with van der Waals surface area (Å²) in [4.78, 5) is 10.5. The summed E-state index contributed by atoms with van der Waals surface area (Å²) < 4.78 is 11.1.